The molecule has 0 saturated carbocycles. The first kappa shape index (κ1) is 18.7. The third-order valence-electron chi connectivity index (χ3n) is 1.90. The van der Waals surface area contributed by atoms with Gasteiger partial charge in [-0.15, -0.1) is 0 Å². The van der Waals surface area contributed by atoms with Crippen LogP contribution in [0.25, 0.3) is 0 Å². The zero-order valence-electron chi connectivity index (χ0n) is 10.2. The minimum Gasteiger partial charge on any atom is -1.00 e. The zero-order valence-corrected chi connectivity index (χ0v) is 12.0. The van der Waals surface area contributed by atoms with Crippen LogP contribution in [0.1, 0.15) is 12.6 Å². The Kier molecular flexibility index (Phi) is 5.52. The van der Waals surface area contributed by atoms with Gasteiger partial charge in [0.15, 0.2) is 0 Å². The van der Waals surface area contributed by atoms with E-state index in [9.17, 15) is 34.8 Å². The van der Waals surface area contributed by atoms with Crippen molar-refractivity contribution in [2.24, 2.45) is 0 Å². The molecule has 0 unspecified atom stereocenters. The summed E-state index contributed by atoms with van der Waals surface area (Å²) in [6.07, 6.45) is -10.7. The van der Waals surface area contributed by atoms with E-state index in [1.165, 1.54) is 0 Å². The molecule has 3 nitrogen and oxygen atoms in total. The minimum absolute atomic E-state index is 0. The standard InChI is InChI=1S/C8H4F6O3S.Na.H/c9-7(10,11)5-2-1-4(18(15,16)17)3-6(5)8(12,13)14;;/h1-3H,(H,15,16,17);;/q;+1;-1. The Bertz CT molecular complexity index is 569. The fourth-order valence-electron chi connectivity index (χ4n) is 1.17. The van der Waals surface area contributed by atoms with Gasteiger partial charge in [-0.25, -0.2) is 0 Å². The van der Waals surface area contributed by atoms with E-state index in [1.54, 1.807) is 0 Å². The van der Waals surface area contributed by atoms with Gasteiger partial charge in [0, 0.05) is 0 Å². The van der Waals surface area contributed by atoms with Crippen LogP contribution in [0.3, 0.4) is 0 Å². The maximum absolute atomic E-state index is 12.4. The predicted molar refractivity (Wildman–Crippen MR) is 47.4 cm³/mol. The summed E-state index contributed by atoms with van der Waals surface area (Å²) in [7, 11) is -5.02. The van der Waals surface area contributed by atoms with Crippen LogP contribution in [0.5, 0.6) is 0 Å². The summed E-state index contributed by atoms with van der Waals surface area (Å²) in [5.74, 6) is 0. The largest absolute Gasteiger partial charge is 1.00 e. The van der Waals surface area contributed by atoms with Gasteiger partial charge in [0.25, 0.3) is 10.1 Å². The van der Waals surface area contributed by atoms with Crippen LogP contribution < -0.4 is 29.6 Å². The number of halogens is 6. The monoisotopic (exact) mass is 318 g/mol. The predicted octanol–water partition coefficient (Wildman–Crippen LogP) is 0.0874. The van der Waals surface area contributed by atoms with Crippen LogP contribution in [0.4, 0.5) is 26.3 Å². The third-order valence-corrected chi connectivity index (χ3v) is 2.75. The SMILES string of the molecule is O=S(=O)(O)c1ccc(C(F)(F)F)c(C(F)(F)F)c1.[H-].[Na+]. The van der Waals surface area contributed by atoms with E-state index in [0.717, 1.165) is 0 Å². The quantitative estimate of drug-likeness (QED) is 0.454. The maximum atomic E-state index is 12.4. The molecule has 0 aromatic heterocycles. The van der Waals surface area contributed by atoms with Crippen molar-refractivity contribution < 1.29 is 70.3 Å². The minimum atomic E-state index is -5.40. The Morgan fingerprint density at radius 3 is 1.68 bits per heavy atom. The van der Waals surface area contributed by atoms with E-state index in [0.29, 0.717) is 0 Å². The van der Waals surface area contributed by atoms with E-state index >= 15 is 0 Å². The molecule has 0 aliphatic carbocycles. The molecule has 0 bridgehead atoms. The Labute approximate surface area is 127 Å². The summed E-state index contributed by atoms with van der Waals surface area (Å²) in [5.41, 5.74) is -4.20. The van der Waals surface area contributed by atoms with Gasteiger partial charge in [0.1, 0.15) is 0 Å². The van der Waals surface area contributed by atoms with Crippen LogP contribution in [0.15, 0.2) is 23.1 Å². The molecule has 0 spiro atoms. The second-order valence-electron chi connectivity index (χ2n) is 3.18. The Morgan fingerprint density at radius 2 is 1.37 bits per heavy atom. The molecule has 19 heavy (non-hydrogen) atoms. The van der Waals surface area contributed by atoms with Gasteiger partial charge in [0.05, 0.1) is 16.0 Å². The number of hydrogen-bond donors (Lipinski definition) is 1. The van der Waals surface area contributed by atoms with Crippen molar-refractivity contribution in [1.29, 1.82) is 0 Å². The first-order valence-electron chi connectivity index (χ1n) is 4.09. The van der Waals surface area contributed by atoms with E-state index in [1.807, 2.05) is 0 Å². The molecule has 104 valence electrons. The van der Waals surface area contributed by atoms with Gasteiger partial charge < -0.3 is 1.43 Å². The van der Waals surface area contributed by atoms with Crippen molar-refractivity contribution in [1.82, 2.24) is 0 Å². The van der Waals surface area contributed by atoms with Crippen LogP contribution in [0, 0.1) is 0 Å². The summed E-state index contributed by atoms with van der Waals surface area (Å²) < 4.78 is 104. The summed E-state index contributed by atoms with van der Waals surface area (Å²) >= 11 is 0. The van der Waals surface area contributed by atoms with Gasteiger partial charge in [0.2, 0.25) is 0 Å². The molecular formula is C8H5F6NaO3S. The van der Waals surface area contributed by atoms with Crippen molar-refractivity contribution in [2.75, 3.05) is 0 Å². The smallest absolute Gasteiger partial charge is 1.00 e. The van der Waals surface area contributed by atoms with E-state index in [2.05, 4.69) is 0 Å². The number of rotatable bonds is 1. The number of benzene rings is 1. The Hall–Kier alpha value is -0.290. The molecule has 0 fully saturated rings. The van der Waals surface area contributed by atoms with E-state index < -0.39 is 38.5 Å². The third kappa shape index (κ3) is 4.63. The normalized spacial score (nSPS) is 13.0. The average molecular weight is 318 g/mol. The van der Waals surface area contributed by atoms with Gasteiger partial charge in [-0.05, 0) is 18.2 Å². The number of alkyl halides is 6. The van der Waals surface area contributed by atoms with Gasteiger partial charge in [-0.1, -0.05) is 0 Å². The maximum Gasteiger partial charge on any atom is 1.00 e. The molecular weight excluding hydrogens is 313 g/mol. The molecule has 0 amide bonds. The number of hydrogen-bond acceptors (Lipinski definition) is 2. The fraction of sp³-hybridized carbons (Fsp3) is 0.250. The molecule has 11 heteroatoms. The molecule has 1 rings (SSSR count). The van der Waals surface area contributed by atoms with Crippen LogP contribution in [-0.2, 0) is 22.5 Å². The van der Waals surface area contributed by atoms with Crippen LogP contribution in [-0.4, -0.2) is 13.0 Å². The molecule has 0 aliphatic heterocycles. The van der Waals surface area contributed by atoms with Crippen molar-refractivity contribution in [3.05, 3.63) is 29.3 Å². The molecule has 1 N–H and O–H groups in total. The summed E-state index contributed by atoms with van der Waals surface area (Å²) in [4.78, 5) is -1.26. The van der Waals surface area contributed by atoms with Crippen LogP contribution in [0.2, 0.25) is 0 Å². The molecule has 1 aromatic carbocycles. The summed E-state index contributed by atoms with van der Waals surface area (Å²) in [6.45, 7) is 0. The van der Waals surface area contributed by atoms with Crippen LogP contribution >= 0.6 is 0 Å². The molecule has 1 aromatic rings. The Balaban J connectivity index is 0. The second kappa shape index (κ2) is 5.60. The summed E-state index contributed by atoms with van der Waals surface area (Å²) in [6, 6.07) is -0.0719. The molecule has 0 heterocycles. The zero-order chi connectivity index (χ0) is 14.4. The second-order valence-corrected chi connectivity index (χ2v) is 4.60. The average Bonchev–Trinajstić information content (AvgIpc) is 2.12. The van der Waals surface area contributed by atoms with Crippen molar-refractivity contribution in [2.45, 2.75) is 17.2 Å². The van der Waals surface area contributed by atoms with Gasteiger partial charge in [-0.3, -0.25) is 4.55 Å². The van der Waals surface area contributed by atoms with E-state index in [4.69, 9.17) is 4.55 Å². The van der Waals surface area contributed by atoms with Crippen molar-refractivity contribution >= 4 is 10.1 Å². The van der Waals surface area contributed by atoms with E-state index in [-0.39, 0.29) is 49.2 Å². The molecule has 0 saturated heterocycles. The first-order valence-corrected chi connectivity index (χ1v) is 5.53. The summed E-state index contributed by atoms with van der Waals surface area (Å²) in [5, 5.41) is 0. The van der Waals surface area contributed by atoms with Crippen molar-refractivity contribution in [3.63, 3.8) is 0 Å². The molecule has 0 atom stereocenters. The van der Waals surface area contributed by atoms with Gasteiger partial charge in [-0.2, -0.15) is 34.8 Å². The Morgan fingerprint density at radius 1 is 0.947 bits per heavy atom. The van der Waals surface area contributed by atoms with Gasteiger partial charge >= 0.3 is 41.9 Å². The topological polar surface area (TPSA) is 54.4 Å². The fourth-order valence-corrected chi connectivity index (χ4v) is 1.67. The molecule has 0 radical (unpaired) electrons. The van der Waals surface area contributed by atoms with Crippen molar-refractivity contribution in [3.8, 4) is 0 Å². The molecule has 0 aliphatic rings. The first-order chi connectivity index (χ1) is 7.83.